The third-order valence-corrected chi connectivity index (χ3v) is 4.47. The fourth-order valence-corrected chi connectivity index (χ4v) is 3.13. The van der Waals surface area contributed by atoms with Gasteiger partial charge in [0.05, 0.1) is 47.2 Å². The summed E-state index contributed by atoms with van der Waals surface area (Å²) in [5.74, 6) is 2.42. The van der Waals surface area contributed by atoms with Gasteiger partial charge >= 0.3 is 0 Å². The molecule has 1 aromatic heterocycles. The lowest BCUT2D eigenvalue weighted by atomic mass is 10.0. The van der Waals surface area contributed by atoms with Gasteiger partial charge in [0.25, 0.3) is 0 Å². The molecule has 7 nitrogen and oxygen atoms in total. The van der Waals surface area contributed by atoms with Crippen molar-refractivity contribution in [3.05, 3.63) is 51.9 Å². The molecule has 1 heterocycles. The molecule has 7 heteroatoms. The zero-order valence-electron chi connectivity index (χ0n) is 16.5. The largest absolute Gasteiger partial charge is 0.493 e. The predicted octanol–water partition coefficient (Wildman–Crippen LogP) is 3.43. The lowest BCUT2D eigenvalue weighted by Crippen LogP contribution is -2.10. The zero-order valence-corrected chi connectivity index (χ0v) is 16.5. The topological polar surface area (TPSA) is 76.4 Å². The minimum Gasteiger partial charge on any atom is -0.493 e. The number of benzene rings is 2. The summed E-state index contributed by atoms with van der Waals surface area (Å²) in [6, 6.07) is 6.96. The standard InChI is InChI=1S/C21H22O7/c1-23-15-7-6-14-18(22)13(11-28-19(14)21(15)27-5)8-12-9-16(24-2)20(26-4)17(10-12)25-3/h6-7,9-11H,8H2,1-5H3. The lowest BCUT2D eigenvalue weighted by molar-refractivity contribution is 0.324. The van der Waals surface area contributed by atoms with E-state index in [0.29, 0.717) is 51.7 Å². The molecule has 0 fully saturated rings. The molecule has 0 spiro atoms. The third kappa shape index (κ3) is 3.31. The molecule has 0 saturated carbocycles. The van der Waals surface area contributed by atoms with Crippen molar-refractivity contribution in [3.63, 3.8) is 0 Å². The van der Waals surface area contributed by atoms with E-state index in [1.807, 2.05) is 0 Å². The minimum atomic E-state index is -0.143. The van der Waals surface area contributed by atoms with Crippen LogP contribution in [0.2, 0.25) is 0 Å². The number of hydrogen-bond acceptors (Lipinski definition) is 7. The highest BCUT2D eigenvalue weighted by Gasteiger charge is 2.18. The Kier molecular flexibility index (Phi) is 5.63. The van der Waals surface area contributed by atoms with Crippen LogP contribution in [0, 0.1) is 0 Å². The molecule has 0 aliphatic heterocycles. The van der Waals surface area contributed by atoms with E-state index in [9.17, 15) is 4.79 Å². The van der Waals surface area contributed by atoms with E-state index in [2.05, 4.69) is 0 Å². The van der Waals surface area contributed by atoms with E-state index >= 15 is 0 Å². The summed E-state index contributed by atoms with van der Waals surface area (Å²) in [5.41, 5.74) is 1.52. The molecule has 148 valence electrons. The Bertz CT molecular complexity index is 1030. The molecule has 0 aliphatic rings. The highest BCUT2D eigenvalue weighted by molar-refractivity contribution is 5.85. The Morgan fingerprint density at radius 1 is 0.786 bits per heavy atom. The van der Waals surface area contributed by atoms with E-state index in [1.165, 1.54) is 20.5 Å². The summed E-state index contributed by atoms with van der Waals surface area (Å²) >= 11 is 0. The highest BCUT2D eigenvalue weighted by Crippen LogP contribution is 2.39. The van der Waals surface area contributed by atoms with Crippen LogP contribution >= 0.6 is 0 Å². The van der Waals surface area contributed by atoms with Gasteiger partial charge in [0.2, 0.25) is 11.5 Å². The van der Waals surface area contributed by atoms with Crippen LogP contribution in [-0.4, -0.2) is 35.5 Å². The van der Waals surface area contributed by atoms with Crippen molar-refractivity contribution >= 4 is 11.0 Å². The number of methoxy groups -OCH3 is 5. The first kappa shape index (κ1) is 19.4. The van der Waals surface area contributed by atoms with Crippen LogP contribution in [0.5, 0.6) is 28.7 Å². The van der Waals surface area contributed by atoms with Gasteiger partial charge in [-0.25, -0.2) is 0 Å². The number of rotatable bonds is 7. The van der Waals surface area contributed by atoms with E-state index in [0.717, 1.165) is 5.56 Å². The van der Waals surface area contributed by atoms with Crippen molar-refractivity contribution in [1.29, 1.82) is 0 Å². The number of fused-ring (bicyclic) bond motifs is 1. The smallest absolute Gasteiger partial charge is 0.204 e. The Labute approximate surface area is 162 Å². The second-order valence-corrected chi connectivity index (χ2v) is 5.98. The first-order valence-electron chi connectivity index (χ1n) is 8.52. The van der Waals surface area contributed by atoms with Crippen LogP contribution in [0.25, 0.3) is 11.0 Å². The first-order chi connectivity index (χ1) is 13.6. The quantitative estimate of drug-likeness (QED) is 0.616. The van der Waals surface area contributed by atoms with Crippen LogP contribution in [0.4, 0.5) is 0 Å². The number of hydrogen-bond donors (Lipinski definition) is 0. The summed E-state index contributed by atoms with van der Waals surface area (Å²) in [6.45, 7) is 0. The van der Waals surface area contributed by atoms with Gasteiger partial charge in [-0.2, -0.15) is 0 Å². The monoisotopic (exact) mass is 386 g/mol. The second kappa shape index (κ2) is 8.12. The maximum Gasteiger partial charge on any atom is 0.204 e. The first-order valence-corrected chi connectivity index (χ1v) is 8.52. The van der Waals surface area contributed by atoms with Gasteiger partial charge in [0.1, 0.15) is 0 Å². The fraction of sp³-hybridized carbons (Fsp3) is 0.286. The fourth-order valence-electron chi connectivity index (χ4n) is 3.13. The molecule has 2 aromatic carbocycles. The average molecular weight is 386 g/mol. The third-order valence-electron chi connectivity index (χ3n) is 4.47. The van der Waals surface area contributed by atoms with Gasteiger partial charge in [-0.1, -0.05) is 0 Å². The Hall–Kier alpha value is -3.35. The Morgan fingerprint density at radius 2 is 1.39 bits per heavy atom. The van der Waals surface area contributed by atoms with E-state index in [-0.39, 0.29) is 5.43 Å². The van der Waals surface area contributed by atoms with Gasteiger partial charge in [-0.05, 0) is 29.8 Å². The Balaban J connectivity index is 2.09. The van der Waals surface area contributed by atoms with E-state index in [4.69, 9.17) is 28.1 Å². The van der Waals surface area contributed by atoms with Crippen LogP contribution in [-0.2, 0) is 6.42 Å². The predicted molar refractivity (Wildman–Crippen MR) is 104 cm³/mol. The molecule has 28 heavy (non-hydrogen) atoms. The SMILES string of the molecule is COc1cc(Cc2coc3c(OC)c(OC)ccc3c2=O)cc(OC)c1OC. The van der Waals surface area contributed by atoms with E-state index < -0.39 is 0 Å². The normalized spacial score (nSPS) is 10.6. The van der Waals surface area contributed by atoms with Crippen molar-refractivity contribution in [2.45, 2.75) is 6.42 Å². The van der Waals surface area contributed by atoms with Crippen molar-refractivity contribution in [1.82, 2.24) is 0 Å². The molecule has 0 unspecified atom stereocenters. The van der Waals surface area contributed by atoms with Crippen LogP contribution < -0.4 is 29.1 Å². The van der Waals surface area contributed by atoms with Gasteiger partial charge in [-0.3, -0.25) is 4.79 Å². The molecule has 0 saturated heterocycles. The molecule has 0 aliphatic carbocycles. The van der Waals surface area contributed by atoms with Gasteiger partial charge in [0, 0.05) is 12.0 Å². The van der Waals surface area contributed by atoms with Crippen LogP contribution in [0.15, 0.2) is 39.7 Å². The van der Waals surface area contributed by atoms with Crippen molar-refractivity contribution < 1.29 is 28.1 Å². The van der Waals surface area contributed by atoms with Gasteiger partial charge < -0.3 is 28.1 Å². The maximum absolute atomic E-state index is 13.0. The molecule has 0 N–H and O–H groups in total. The van der Waals surface area contributed by atoms with Crippen molar-refractivity contribution in [2.24, 2.45) is 0 Å². The average Bonchev–Trinajstić information content (AvgIpc) is 2.73. The summed E-state index contributed by atoms with van der Waals surface area (Å²) in [7, 11) is 7.66. The second-order valence-electron chi connectivity index (χ2n) is 5.98. The van der Waals surface area contributed by atoms with Gasteiger partial charge in [0.15, 0.2) is 28.3 Å². The minimum absolute atomic E-state index is 0.143. The Morgan fingerprint density at radius 3 is 1.93 bits per heavy atom. The maximum atomic E-state index is 13.0. The molecule has 3 rings (SSSR count). The summed E-state index contributed by atoms with van der Waals surface area (Å²) in [6.07, 6.45) is 1.78. The molecule has 0 amide bonds. The molecule has 0 atom stereocenters. The molecule has 0 radical (unpaired) electrons. The summed E-state index contributed by atoms with van der Waals surface area (Å²) < 4.78 is 32.4. The summed E-state index contributed by atoms with van der Waals surface area (Å²) in [5, 5.41) is 0.419. The lowest BCUT2D eigenvalue weighted by Gasteiger charge is -2.14. The van der Waals surface area contributed by atoms with Crippen LogP contribution in [0.1, 0.15) is 11.1 Å². The summed E-state index contributed by atoms with van der Waals surface area (Å²) in [4.78, 5) is 13.0. The van der Waals surface area contributed by atoms with Gasteiger partial charge in [-0.15, -0.1) is 0 Å². The number of ether oxygens (including phenoxy) is 5. The zero-order chi connectivity index (χ0) is 20.3. The van der Waals surface area contributed by atoms with Crippen molar-refractivity contribution in [2.75, 3.05) is 35.5 Å². The highest BCUT2D eigenvalue weighted by atomic mass is 16.5. The molecule has 0 bridgehead atoms. The molecule has 3 aromatic rings. The van der Waals surface area contributed by atoms with Crippen LogP contribution in [0.3, 0.4) is 0 Å². The molecular formula is C21H22O7. The van der Waals surface area contributed by atoms with Crippen molar-refractivity contribution in [3.8, 4) is 28.7 Å². The van der Waals surface area contributed by atoms with E-state index in [1.54, 1.807) is 45.6 Å². The molecular weight excluding hydrogens is 364 g/mol.